The number of carbonyl (C=O) groups is 1. The van der Waals surface area contributed by atoms with Crippen LogP contribution in [-0.4, -0.2) is 18.0 Å². The average molecular weight is 387 g/mol. The smallest absolute Gasteiger partial charge is 0.416 e. The fraction of sp³-hybridized carbons (Fsp3) is 0.100. The number of aromatic nitrogens is 1. The lowest BCUT2D eigenvalue weighted by atomic mass is 10.2. The topological polar surface area (TPSA) is 63.2 Å². The lowest BCUT2D eigenvalue weighted by Gasteiger charge is -2.11. The zero-order valence-corrected chi connectivity index (χ0v) is 14.7. The number of carbonyl (C=O) groups excluding carboxylic acids is 1. The van der Waals surface area contributed by atoms with Crippen LogP contribution < -0.4 is 15.4 Å². The van der Waals surface area contributed by atoms with Crippen molar-refractivity contribution < 1.29 is 22.7 Å². The van der Waals surface area contributed by atoms with Crippen LogP contribution >= 0.6 is 0 Å². The molecule has 0 spiro atoms. The van der Waals surface area contributed by atoms with Crippen LogP contribution in [0, 0.1) is 0 Å². The van der Waals surface area contributed by atoms with Crippen molar-refractivity contribution in [3.05, 3.63) is 78.1 Å². The lowest BCUT2D eigenvalue weighted by molar-refractivity contribution is -0.137. The molecule has 0 unspecified atom stereocenters. The highest BCUT2D eigenvalue weighted by Gasteiger charge is 2.30. The summed E-state index contributed by atoms with van der Waals surface area (Å²) in [7, 11) is 1.56. The van der Waals surface area contributed by atoms with Gasteiger partial charge in [-0.15, -0.1) is 0 Å². The quantitative estimate of drug-likeness (QED) is 0.639. The van der Waals surface area contributed by atoms with E-state index in [0.717, 1.165) is 17.8 Å². The molecule has 1 heterocycles. The van der Waals surface area contributed by atoms with Crippen LogP contribution in [0.2, 0.25) is 0 Å². The van der Waals surface area contributed by atoms with E-state index in [1.54, 1.807) is 25.3 Å². The predicted octanol–water partition coefficient (Wildman–Crippen LogP) is 5.10. The van der Waals surface area contributed by atoms with Gasteiger partial charge in [0.05, 0.1) is 12.7 Å². The van der Waals surface area contributed by atoms with Gasteiger partial charge in [0, 0.05) is 29.3 Å². The summed E-state index contributed by atoms with van der Waals surface area (Å²) < 4.78 is 43.6. The van der Waals surface area contributed by atoms with E-state index in [1.807, 2.05) is 12.1 Å². The number of halogens is 3. The minimum absolute atomic E-state index is 0.0350. The fourth-order valence-corrected chi connectivity index (χ4v) is 2.47. The molecule has 0 saturated heterocycles. The van der Waals surface area contributed by atoms with Gasteiger partial charge in [-0.1, -0.05) is 12.1 Å². The Hall–Kier alpha value is -3.55. The molecule has 0 saturated carbocycles. The summed E-state index contributed by atoms with van der Waals surface area (Å²) in [6, 6.07) is 14.8. The highest BCUT2D eigenvalue weighted by molar-refractivity contribution is 6.03. The number of alkyl halides is 3. The summed E-state index contributed by atoms with van der Waals surface area (Å²) in [4.78, 5) is 16.4. The molecule has 0 aliphatic carbocycles. The summed E-state index contributed by atoms with van der Waals surface area (Å²) >= 11 is 0. The van der Waals surface area contributed by atoms with Crippen LogP contribution in [0.1, 0.15) is 16.1 Å². The predicted molar refractivity (Wildman–Crippen MR) is 99.9 cm³/mol. The van der Waals surface area contributed by atoms with Crippen LogP contribution in [0.25, 0.3) is 0 Å². The van der Waals surface area contributed by atoms with Crippen molar-refractivity contribution in [2.24, 2.45) is 0 Å². The molecule has 0 aliphatic rings. The highest BCUT2D eigenvalue weighted by Crippen LogP contribution is 2.30. The van der Waals surface area contributed by atoms with E-state index in [1.165, 1.54) is 24.4 Å². The van der Waals surface area contributed by atoms with E-state index in [9.17, 15) is 18.0 Å². The number of nitrogens with zero attached hydrogens (tertiary/aromatic N) is 1. The molecule has 1 aromatic heterocycles. The second kappa shape index (κ2) is 7.99. The van der Waals surface area contributed by atoms with Crippen molar-refractivity contribution in [2.45, 2.75) is 6.18 Å². The molecule has 3 rings (SSSR count). The number of hydrogen-bond donors (Lipinski definition) is 2. The van der Waals surface area contributed by atoms with Gasteiger partial charge in [-0.2, -0.15) is 13.2 Å². The van der Waals surface area contributed by atoms with Crippen molar-refractivity contribution in [3.63, 3.8) is 0 Å². The van der Waals surface area contributed by atoms with Crippen molar-refractivity contribution in [3.8, 4) is 5.75 Å². The maximum atomic E-state index is 12.8. The van der Waals surface area contributed by atoms with Crippen molar-refractivity contribution in [2.75, 3.05) is 17.7 Å². The van der Waals surface area contributed by atoms with Crippen LogP contribution in [-0.2, 0) is 6.18 Å². The second-order valence-corrected chi connectivity index (χ2v) is 5.82. The molecule has 0 bridgehead atoms. The standard InChI is InChI=1S/C20H16F3N3O2/c1-28-17-7-3-6-15(11-17)25-16-8-9-24-18(12-16)19(27)26-14-5-2-4-13(10-14)20(21,22)23/h2-12H,1H3,(H,24,25)(H,26,27). The summed E-state index contributed by atoms with van der Waals surface area (Å²) in [5, 5.41) is 5.55. The average Bonchev–Trinajstić information content (AvgIpc) is 2.68. The molecule has 2 N–H and O–H groups in total. The molecular weight excluding hydrogens is 371 g/mol. The van der Waals surface area contributed by atoms with E-state index >= 15 is 0 Å². The van der Waals surface area contributed by atoms with Gasteiger partial charge in [0.2, 0.25) is 0 Å². The minimum Gasteiger partial charge on any atom is -0.497 e. The maximum Gasteiger partial charge on any atom is 0.416 e. The number of nitrogens with one attached hydrogen (secondary N) is 2. The van der Waals surface area contributed by atoms with E-state index in [-0.39, 0.29) is 11.4 Å². The van der Waals surface area contributed by atoms with Gasteiger partial charge in [-0.3, -0.25) is 9.78 Å². The van der Waals surface area contributed by atoms with E-state index < -0.39 is 17.6 Å². The summed E-state index contributed by atoms with van der Waals surface area (Å²) in [6.07, 6.45) is -3.05. The maximum absolute atomic E-state index is 12.8. The van der Waals surface area contributed by atoms with Crippen LogP contribution in [0.5, 0.6) is 5.75 Å². The van der Waals surface area contributed by atoms with Crippen molar-refractivity contribution in [1.82, 2.24) is 4.98 Å². The first kappa shape index (κ1) is 19.2. The largest absolute Gasteiger partial charge is 0.497 e. The molecule has 144 valence electrons. The summed E-state index contributed by atoms with van der Waals surface area (Å²) in [6.45, 7) is 0. The number of rotatable bonds is 5. The monoisotopic (exact) mass is 387 g/mol. The third kappa shape index (κ3) is 4.79. The van der Waals surface area contributed by atoms with Gasteiger partial charge < -0.3 is 15.4 Å². The normalized spacial score (nSPS) is 11.0. The number of ether oxygens (including phenoxy) is 1. The van der Waals surface area contributed by atoms with E-state index in [0.29, 0.717) is 11.4 Å². The lowest BCUT2D eigenvalue weighted by Crippen LogP contribution is -2.14. The van der Waals surface area contributed by atoms with Crippen molar-refractivity contribution in [1.29, 1.82) is 0 Å². The van der Waals surface area contributed by atoms with Crippen LogP contribution in [0.4, 0.5) is 30.2 Å². The first-order valence-corrected chi connectivity index (χ1v) is 8.21. The Bertz CT molecular complexity index is 990. The Morgan fingerprint density at radius 1 is 0.964 bits per heavy atom. The number of hydrogen-bond acceptors (Lipinski definition) is 4. The van der Waals surface area contributed by atoms with E-state index in [2.05, 4.69) is 15.6 Å². The number of amides is 1. The molecule has 5 nitrogen and oxygen atoms in total. The Labute approximate surface area is 159 Å². The van der Waals surface area contributed by atoms with Gasteiger partial charge in [0.25, 0.3) is 5.91 Å². The molecule has 8 heteroatoms. The number of methoxy groups -OCH3 is 1. The first-order valence-electron chi connectivity index (χ1n) is 8.21. The Kier molecular flexibility index (Phi) is 5.49. The third-order valence-corrected chi connectivity index (χ3v) is 3.80. The zero-order chi connectivity index (χ0) is 20.1. The van der Waals surface area contributed by atoms with Gasteiger partial charge in [-0.05, 0) is 42.5 Å². The van der Waals surface area contributed by atoms with Crippen LogP contribution in [0.3, 0.4) is 0 Å². The SMILES string of the molecule is COc1cccc(Nc2ccnc(C(=O)Nc3cccc(C(F)(F)F)c3)c2)c1. The Morgan fingerprint density at radius 3 is 2.43 bits per heavy atom. The van der Waals surface area contributed by atoms with Gasteiger partial charge in [0.15, 0.2) is 0 Å². The Balaban J connectivity index is 1.75. The van der Waals surface area contributed by atoms with Crippen LogP contribution in [0.15, 0.2) is 66.9 Å². The molecule has 3 aromatic rings. The molecule has 1 amide bonds. The molecule has 0 radical (unpaired) electrons. The number of pyridine rings is 1. The summed E-state index contributed by atoms with van der Waals surface area (Å²) in [5.74, 6) is 0.0511. The van der Waals surface area contributed by atoms with Crippen molar-refractivity contribution >= 4 is 23.0 Å². The molecule has 28 heavy (non-hydrogen) atoms. The zero-order valence-electron chi connectivity index (χ0n) is 14.7. The summed E-state index contributed by atoms with van der Waals surface area (Å²) in [5.41, 5.74) is 0.594. The Morgan fingerprint density at radius 2 is 1.68 bits per heavy atom. The van der Waals surface area contributed by atoms with Gasteiger partial charge >= 0.3 is 6.18 Å². The molecule has 0 aliphatic heterocycles. The third-order valence-electron chi connectivity index (χ3n) is 3.80. The number of benzene rings is 2. The number of anilines is 3. The minimum atomic E-state index is -4.49. The molecular formula is C20H16F3N3O2. The first-order chi connectivity index (χ1) is 13.3. The second-order valence-electron chi connectivity index (χ2n) is 5.82. The van der Waals surface area contributed by atoms with Gasteiger partial charge in [-0.25, -0.2) is 0 Å². The molecule has 2 aromatic carbocycles. The highest BCUT2D eigenvalue weighted by atomic mass is 19.4. The van der Waals surface area contributed by atoms with E-state index in [4.69, 9.17) is 4.74 Å². The molecule has 0 fully saturated rings. The fourth-order valence-electron chi connectivity index (χ4n) is 2.47. The van der Waals surface area contributed by atoms with Gasteiger partial charge in [0.1, 0.15) is 11.4 Å². The molecule has 0 atom stereocenters.